The van der Waals surface area contributed by atoms with Crippen molar-refractivity contribution in [3.63, 3.8) is 0 Å². The topological polar surface area (TPSA) is 60.3 Å². The van der Waals surface area contributed by atoms with Gasteiger partial charge in [-0.1, -0.05) is 6.08 Å². The predicted octanol–water partition coefficient (Wildman–Crippen LogP) is 1.03. The Bertz CT molecular complexity index is 208. The zero-order chi connectivity index (χ0) is 6.69. The van der Waals surface area contributed by atoms with E-state index in [1.54, 1.807) is 6.08 Å². The summed E-state index contributed by atoms with van der Waals surface area (Å²) in [6.45, 7) is 0. The Morgan fingerprint density at radius 3 is 2.89 bits per heavy atom. The summed E-state index contributed by atoms with van der Waals surface area (Å²) in [5, 5.41) is 7.14. The van der Waals surface area contributed by atoms with E-state index in [-0.39, 0.29) is 0 Å². The first-order valence-corrected chi connectivity index (χ1v) is 2.76. The summed E-state index contributed by atoms with van der Waals surface area (Å²) in [5.41, 5.74) is 9.44. The van der Waals surface area contributed by atoms with Crippen molar-refractivity contribution in [1.82, 2.24) is 0 Å². The van der Waals surface area contributed by atoms with E-state index in [2.05, 4.69) is 4.79 Å². The zero-order valence-electron chi connectivity index (χ0n) is 4.96. The van der Waals surface area contributed by atoms with Crippen molar-refractivity contribution in [2.24, 2.45) is 0 Å². The van der Waals surface area contributed by atoms with Gasteiger partial charge in [0.15, 0.2) is 0 Å². The lowest BCUT2D eigenvalue weighted by Gasteiger charge is -1.97. The largest absolute Gasteiger partial charge is 0.362 e. The molecular weight excluding hydrogens is 114 g/mol. The van der Waals surface area contributed by atoms with Gasteiger partial charge in [-0.25, -0.2) is 0 Å². The van der Waals surface area contributed by atoms with Gasteiger partial charge in [-0.2, -0.15) is 4.79 Å². The maximum atomic E-state index is 8.27. The molecule has 46 valence electrons. The second kappa shape index (κ2) is 2.37. The third kappa shape index (κ3) is 1.34. The minimum Gasteiger partial charge on any atom is -0.362 e. The fraction of sp³-hybridized carbons (Fsp3) is 0.333. The van der Waals surface area contributed by atoms with Crippen molar-refractivity contribution in [3.8, 4) is 0 Å². The summed E-state index contributed by atoms with van der Waals surface area (Å²) in [5.74, 6) is 0. The average molecular weight is 121 g/mol. The molecule has 0 saturated carbocycles. The van der Waals surface area contributed by atoms with Crippen LogP contribution in [0.2, 0.25) is 0 Å². The van der Waals surface area contributed by atoms with Crippen LogP contribution in [0.4, 0.5) is 0 Å². The lowest BCUT2D eigenvalue weighted by molar-refractivity contribution is -0.00906. The summed E-state index contributed by atoms with van der Waals surface area (Å²) in [6.07, 6.45) is 4.72. The van der Waals surface area contributed by atoms with Crippen LogP contribution in [0.5, 0.6) is 0 Å². The normalized spacial score (nSPS) is 17.8. The van der Waals surface area contributed by atoms with Gasteiger partial charge in [0.25, 0.3) is 5.71 Å². The van der Waals surface area contributed by atoms with Crippen LogP contribution < -0.4 is 0 Å². The number of allylic oxidation sites excluding steroid dienone is 2. The van der Waals surface area contributed by atoms with E-state index in [4.69, 9.17) is 10.9 Å². The molecule has 1 aliphatic carbocycles. The van der Waals surface area contributed by atoms with E-state index in [1.807, 2.05) is 6.08 Å². The Morgan fingerprint density at radius 1 is 1.67 bits per heavy atom. The van der Waals surface area contributed by atoms with Gasteiger partial charge in [0.1, 0.15) is 0 Å². The van der Waals surface area contributed by atoms with Gasteiger partial charge < -0.3 is 10.9 Å². The van der Waals surface area contributed by atoms with Crippen LogP contribution in [-0.2, 0) is 0 Å². The highest BCUT2D eigenvalue weighted by Gasteiger charge is 2.11. The lowest BCUT2D eigenvalue weighted by atomic mass is 10.0. The molecular formula is C6H7N3. The summed E-state index contributed by atoms with van der Waals surface area (Å²) in [4.78, 5) is 3.02. The van der Waals surface area contributed by atoms with Gasteiger partial charge in [-0.15, -0.1) is 0 Å². The summed E-state index contributed by atoms with van der Waals surface area (Å²) in [6, 6.07) is 0. The van der Waals surface area contributed by atoms with Gasteiger partial charge in [0.05, 0.1) is 12.8 Å². The Hall–Kier alpha value is -1.21. The van der Waals surface area contributed by atoms with Crippen LogP contribution in [-0.4, -0.2) is 16.2 Å². The number of rotatable bonds is 0. The predicted molar refractivity (Wildman–Crippen MR) is 34.7 cm³/mol. The summed E-state index contributed by atoms with van der Waals surface area (Å²) in [7, 11) is 0. The van der Waals surface area contributed by atoms with Crippen molar-refractivity contribution < 1.29 is 4.79 Å². The van der Waals surface area contributed by atoms with Crippen molar-refractivity contribution in [2.45, 2.75) is 12.8 Å². The molecule has 9 heavy (non-hydrogen) atoms. The third-order valence-electron chi connectivity index (χ3n) is 1.21. The minimum atomic E-state index is 0.493. The van der Waals surface area contributed by atoms with Gasteiger partial charge in [-0.3, -0.25) is 0 Å². The monoisotopic (exact) mass is 121 g/mol. The van der Waals surface area contributed by atoms with Gasteiger partial charge in [0.2, 0.25) is 0 Å². The second-order valence-corrected chi connectivity index (χ2v) is 1.97. The van der Waals surface area contributed by atoms with Crippen LogP contribution in [0.25, 0.3) is 5.53 Å². The minimum absolute atomic E-state index is 0.493. The average Bonchev–Trinajstić information content (AvgIpc) is 1.88. The highest BCUT2D eigenvalue weighted by Crippen LogP contribution is 2.01. The van der Waals surface area contributed by atoms with Gasteiger partial charge in [0, 0.05) is 5.71 Å². The van der Waals surface area contributed by atoms with E-state index < -0.39 is 0 Å². The fourth-order valence-corrected chi connectivity index (χ4v) is 0.764. The molecule has 0 aromatic heterocycles. The highest BCUT2D eigenvalue weighted by molar-refractivity contribution is 6.09. The van der Waals surface area contributed by atoms with E-state index in [0.717, 1.165) is 0 Å². The number of hydrogen-bond donors (Lipinski definition) is 1. The number of nitrogens with one attached hydrogen (secondary N) is 1. The van der Waals surface area contributed by atoms with E-state index in [9.17, 15) is 0 Å². The maximum Gasteiger partial charge on any atom is 0.278 e. The molecule has 0 spiro atoms. The Kier molecular flexibility index (Phi) is 1.56. The highest BCUT2D eigenvalue weighted by atomic mass is 14.9. The maximum absolute atomic E-state index is 8.27. The van der Waals surface area contributed by atoms with Crippen molar-refractivity contribution >= 4 is 11.4 Å². The molecule has 1 rings (SSSR count). The standard InChI is InChI=1S/C6H7N3/c7-5-2-1-3-6(4-5)9-8/h1-2,7H,3-4H2. The molecule has 0 aromatic rings. The quantitative estimate of drug-likeness (QED) is 0.367. The van der Waals surface area contributed by atoms with Crippen LogP contribution in [0, 0.1) is 5.41 Å². The third-order valence-corrected chi connectivity index (χ3v) is 1.21. The summed E-state index contributed by atoms with van der Waals surface area (Å²) < 4.78 is 0. The molecule has 0 saturated heterocycles. The Balaban J connectivity index is 2.80. The Labute approximate surface area is 53.1 Å². The van der Waals surface area contributed by atoms with Gasteiger partial charge in [-0.05, 0) is 6.08 Å². The molecule has 0 heterocycles. The first-order chi connectivity index (χ1) is 4.33. The van der Waals surface area contributed by atoms with Crippen LogP contribution in [0.15, 0.2) is 12.2 Å². The number of hydrogen-bond acceptors (Lipinski definition) is 1. The van der Waals surface area contributed by atoms with Crippen molar-refractivity contribution in [1.29, 1.82) is 5.41 Å². The lowest BCUT2D eigenvalue weighted by Crippen LogP contribution is -2.09. The summed E-state index contributed by atoms with van der Waals surface area (Å²) >= 11 is 0. The molecule has 0 aliphatic heterocycles. The zero-order valence-corrected chi connectivity index (χ0v) is 4.96. The molecule has 3 nitrogen and oxygen atoms in total. The van der Waals surface area contributed by atoms with Crippen molar-refractivity contribution in [2.75, 3.05) is 0 Å². The van der Waals surface area contributed by atoms with Gasteiger partial charge >= 0.3 is 0 Å². The smallest absolute Gasteiger partial charge is 0.278 e. The molecule has 0 aromatic carbocycles. The van der Waals surface area contributed by atoms with E-state index in [0.29, 0.717) is 24.3 Å². The second-order valence-electron chi connectivity index (χ2n) is 1.97. The molecule has 0 fully saturated rings. The van der Waals surface area contributed by atoms with Crippen LogP contribution >= 0.6 is 0 Å². The SMILES string of the molecule is [N-]=[N+]=C1CC=CC(=N)C1. The van der Waals surface area contributed by atoms with E-state index >= 15 is 0 Å². The molecule has 1 aliphatic rings. The molecule has 0 bridgehead atoms. The molecule has 3 heteroatoms. The molecule has 0 amide bonds. The van der Waals surface area contributed by atoms with Crippen LogP contribution in [0.3, 0.4) is 0 Å². The molecule has 1 N–H and O–H groups in total. The molecule has 0 atom stereocenters. The molecule has 0 unspecified atom stereocenters. The fourth-order valence-electron chi connectivity index (χ4n) is 0.764. The van der Waals surface area contributed by atoms with Crippen molar-refractivity contribution in [3.05, 3.63) is 17.7 Å². The number of nitrogens with zero attached hydrogens (tertiary/aromatic N) is 2. The molecule has 0 radical (unpaired) electrons. The first kappa shape index (κ1) is 5.92. The Morgan fingerprint density at radius 2 is 2.44 bits per heavy atom. The van der Waals surface area contributed by atoms with Crippen LogP contribution in [0.1, 0.15) is 12.8 Å². The van der Waals surface area contributed by atoms with E-state index in [1.165, 1.54) is 0 Å². The first-order valence-electron chi connectivity index (χ1n) is 2.76.